The van der Waals surface area contributed by atoms with Gasteiger partial charge < -0.3 is 14.8 Å². The molecule has 2 aromatic rings. The standard InChI is InChI=1S/C19H17F2NO5/c1-11(23)13-5-3-7-15(9-13)22-17(24)12(2)26-18(25)14-6-4-8-16(10-14)27-19(20)21/h3-10,12,19H,1-2H3,(H,22,24)/t12-/m0/s1. The largest absolute Gasteiger partial charge is 0.449 e. The minimum atomic E-state index is -3.02. The third-order valence-electron chi connectivity index (χ3n) is 3.48. The minimum Gasteiger partial charge on any atom is -0.449 e. The first kappa shape index (κ1) is 20.0. The average Bonchev–Trinajstić information content (AvgIpc) is 2.61. The number of nitrogens with one attached hydrogen (secondary N) is 1. The van der Waals surface area contributed by atoms with Crippen LogP contribution in [0.25, 0.3) is 0 Å². The molecule has 0 aromatic heterocycles. The molecular weight excluding hydrogens is 360 g/mol. The van der Waals surface area contributed by atoms with Gasteiger partial charge in [0.1, 0.15) is 5.75 Å². The molecule has 27 heavy (non-hydrogen) atoms. The van der Waals surface area contributed by atoms with E-state index in [4.69, 9.17) is 4.74 Å². The van der Waals surface area contributed by atoms with Crippen LogP contribution in [0.4, 0.5) is 14.5 Å². The first-order chi connectivity index (χ1) is 12.8. The van der Waals surface area contributed by atoms with Gasteiger partial charge in [0.25, 0.3) is 5.91 Å². The molecule has 6 nitrogen and oxygen atoms in total. The zero-order valence-electron chi connectivity index (χ0n) is 14.6. The van der Waals surface area contributed by atoms with Crippen LogP contribution in [0.3, 0.4) is 0 Å². The molecule has 0 aliphatic heterocycles. The third-order valence-corrected chi connectivity index (χ3v) is 3.48. The number of hydrogen-bond donors (Lipinski definition) is 1. The van der Waals surface area contributed by atoms with Crippen molar-refractivity contribution in [2.45, 2.75) is 26.6 Å². The third kappa shape index (κ3) is 5.88. The van der Waals surface area contributed by atoms with Crippen LogP contribution >= 0.6 is 0 Å². The number of amides is 1. The number of esters is 1. The summed E-state index contributed by atoms with van der Waals surface area (Å²) in [6.45, 7) is -0.259. The molecule has 0 saturated carbocycles. The van der Waals surface area contributed by atoms with E-state index in [2.05, 4.69) is 10.1 Å². The van der Waals surface area contributed by atoms with E-state index < -0.39 is 24.6 Å². The first-order valence-electron chi connectivity index (χ1n) is 7.94. The molecule has 0 heterocycles. The summed E-state index contributed by atoms with van der Waals surface area (Å²) in [6.07, 6.45) is -1.15. The zero-order valence-corrected chi connectivity index (χ0v) is 14.6. The van der Waals surface area contributed by atoms with Crippen molar-refractivity contribution in [1.29, 1.82) is 0 Å². The molecule has 1 atom stereocenters. The van der Waals surface area contributed by atoms with Gasteiger partial charge in [0.05, 0.1) is 5.56 Å². The van der Waals surface area contributed by atoms with Gasteiger partial charge in [-0.05, 0) is 44.2 Å². The number of anilines is 1. The van der Waals surface area contributed by atoms with E-state index in [-0.39, 0.29) is 17.1 Å². The van der Waals surface area contributed by atoms with Crippen LogP contribution in [0.5, 0.6) is 5.75 Å². The smallest absolute Gasteiger partial charge is 0.387 e. The van der Waals surface area contributed by atoms with Crippen LogP contribution < -0.4 is 10.1 Å². The number of alkyl halides is 2. The van der Waals surface area contributed by atoms with Gasteiger partial charge in [-0.15, -0.1) is 0 Å². The van der Waals surface area contributed by atoms with Gasteiger partial charge in [0.2, 0.25) is 0 Å². The van der Waals surface area contributed by atoms with Crippen LogP contribution in [0.2, 0.25) is 0 Å². The van der Waals surface area contributed by atoms with Crippen molar-refractivity contribution in [3.05, 3.63) is 59.7 Å². The van der Waals surface area contributed by atoms with Crippen molar-refractivity contribution in [3.8, 4) is 5.75 Å². The maximum Gasteiger partial charge on any atom is 0.387 e. The highest BCUT2D eigenvalue weighted by atomic mass is 19.3. The molecule has 0 bridgehead atoms. The molecule has 2 rings (SSSR count). The fourth-order valence-electron chi connectivity index (χ4n) is 2.14. The van der Waals surface area contributed by atoms with Gasteiger partial charge >= 0.3 is 12.6 Å². The van der Waals surface area contributed by atoms with Crippen LogP contribution in [0.15, 0.2) is 48.5 Å². The van der Waals surface area contributed by atoms with Crippen LogP contribution in [-0.4, -0.2) is 30.4 Å². The Morgan fingerprint density at radius 3 is 2.33 bits per heavy atom. The Bertz CT molecular complexity index is 853. The topological polar surface area (TPSA) is 81.7 Å². The van der Waals surface area contributed by atoms with Gasteiger partial charge in [0.15, 0.2) is 11.9 Å². The van der Waals surface area contributed by atoms with Crippen LogP contribution in [0, 0.1) is 0 Å². The minimum absolute atomic E-state index is 0.0358. The van der Waals surface area contributed by atoms with Gasteiger partial charge in [-0.1, -0.05) is 18.2 Å². The number of ether oxygens (including phenoxy) is 2. The van der Waals surface area contributed by atoms with E-state index in [1.807, 2.05) is 0 Å². The summed E-state index contributed by atoms with van der Waals surface area (Å²) in [7, 11) is 0. The molecular formula is C19H17F2NO5. The predicted molar refractivity (Wildman–Crippen MR) is 93.0 cm³/mol. The van der Waals surface area contributed by atoms with Crippen LogP contribution in [0.1, 0.15) is 34.6 Å². The lowest BCUT2D eigenvalue weighted by Crippen LogP contribution is -2.30. The van der Waals surface area contributed by atoms with Crippen molar-refractivity contribution in [1.82, 2.24) is 0 Å². The monoisotopic (exact) mass is 377 g/mol. The highest BCUT2D eigenvalue weighted by Crippen LogP contribution is 2.17. The molecule has 0 aliphatic rings. The van der Waals surface area contributed by atoms with Gasteiger partial charge in [-0.3, -0.25) is 9.59 Å². The summed E-state index contributed by atoms with van der Waals surface area (Å²) in [5.41, 5.74) is 0.766. The fraction of sp³-hybridized carbons (Fsp3) is 0.211. The lowest BCUT2D eigenvalue weighted by molar-refractivity contribution is -0.123. The molecule has 0 saturated heterocycles. The highest BCUT2D eigenvalue weighted by Gasteiger charge is 2.20. The van der Waals surface area contributed by atoms with E-state index in [0.29, 0.717) is 11.3 Å². The van der Waals surface area contributed by atoms with Crippen molar-refractivity contribution < 1.29 is 32.6 Å². The number of carbonyl (C=O) groups is 3. The van der Waals surface area contributed by atoms with E-state index in [1.165, 1.54) is 38.1 Å². The molecule has 0 fully saturated rings. The molecule has 1 amide bonds. The Hall–Kier alpha value is -3.29. The van der Waals surface area contributed by atoms with E-state index in [1.54, 1.807) is 18.2 Å². The number of Topliss-reactive ketones (excluding diaryl/α,β-unsaturated/α-hetero) is 1. The lowest BCUT2D eigenvalue weighted by Gasteiger charge is -2.14. The molecule has 0 aliphatic carbocycles. The van der Waals surface area contributed by atoms with Gasteiger partial charge in [-0.25, -0.2) is 4.79 Å². The fourth-order valence-corrected chi connectivity index (χ4v) is 2.14. The zero-order chi connectivity index (χ0) is 20.0. The number of rotatable bonds is 7. The lowest BCUT2D eigenvalue weighted by atomic mass is 10.1. The van der Waals surface area contributed by atoms with Crippen molar-refractivity contribution in [3.63, 3.8) is 0 Å². The van der Waals surface area contributed by atoms with E-state index in [0.717, 1.165) is 6.07 Å². The summed E-state index contributed by atoms with van der Waals surface area (Å²) in [5, 5.41) is 2.54. The Morgan fingerprint density at radius 2 is 1.67 bits per heavy atom. The number of halogens is 2. The Balaban J connectivity index is 2.00. The quantitative estimate of drug-likeness (QED) is 0.588. The molecule has 0 spiro atoms. The molecule has 2 aromatic carbocycles. The highest BCUT2D eigenvalue weighted by molar-refractivity contribution is 5.99. The second kappa shape index (κ2) is 8.88. The van der Waals surface area contributed by atoms with Crippen molar-refractivity contribution >= 4 is 23.3 Å². The SMILES string of the molecule is CC(=O)c1cccc(NC(=O)[C@H](C)OC(=O)c2cccc(OC(F)F)c2)c1. The van der Waals surface area contributed by atoms with Gasteiger partial charge in [0, 0.05) is 11.3 Å². The summed E-state index contributed by atoms with van der Waals surface area (Å²) in [4.78, 5) is 35.7. The summed E-state index contributed by atoms with van der Waals surface area (Å²) in [6, 6.07) is 11.4. The molecule has 142 valence electrons. The Labute approximate surface area is 154 Å². The number of benzene rings is 2. The number of carbonyl (C=O) groups excluding carboxylic acids is 3. The summed E-state index contributed by atoms with van der Waals surface area (Å²) >= 11 is 0. The maximum absolute atomic E-state index is 12.2. The van der Waals surface area contributed by atoms with E-state index in [9.17, 15) is 23.2 Å². The first-order valence-corrected chi connectivity index (χ1v) is 7.94. The van der Waals surface area contributed by atoms with Gasteiger partial charge in [-0.2, -0.15) is 8.78 Å². The van der Waals surface area contributed by atoms with E-state index >= 15 is 0 Å². The normalized spacial score (nSPS) is 11.6. The van der Waals surface area contributed by atoms with Crippen molar-refractivity contribution in [2.75, 3.05) is 5.32 Å². The summed E-state index contributed by atoms with van der Waals surface area (Å²) in [5.74, 6) is -1.83. The Kier molecular flexibility index (Phi) is 6.59. The van der Waals surface area contributed by atoms with Crippen LogP contribution in [-0.2, 0) is 9.53 Å². The maximum atomic E-state index is 12.2. The molecule has 0 radical (unpaired) electrons. The second-order valence-electron chi connectivity index (χ2n) is 5.58. The molecule has 8 heteroatoms. The average molecular weight is 377 g/mol. The summed E-state index contributed by atoms with van der Waals surface area (Å²) < 4.78 is 33.8. The molecule has 1 N–H and O–H groups in total. The predicted octanol–water partition coefficient (Wildman–Crippen LogP) is 3.67. The number of hydrogen-bond acceptors (Lipinski definition) is 5. The van der Waals surface area contributed by atoms with Crippen molar-refractivity contribution in [2.24, 2.45) is 0 Å². The Morgan fingerprint density at radius 1 is 1.00 bits per heavy atom. The second-order valence-corrected chi connectivity index (χ2v) is 5.58. The molecule has 0 unspecified atom stereocenters. The number of ketones is 1.